The lowest BCUT2D eigenvalue weighted by atomic mass is 10.1. The van der Waals surface area contributed by atoms with Gasteiger partial charge in [0, 0.05) is 18.3 Å². The van der Waals surface area contributed by atoms with Crippen LogP contribution in [0.2, 0.25) is 0 Å². The lowest BCUT2D eigenvalue weighted by Crippen LogP contribution is -2.25. The highest BCUT2D eigenvalue weighted by Gasteiger charge is 2.03. The number of nitrogens with zero attached hydrogens (tertiary/aromatic N) is 1. The summed E-state index contributed by atoms with van der Waals surface area (Å²) in [6.07, 6.45) is 0. The van der Waals surface area contributed by atoms with Gasteiger partial charge in [0.15, 0.2) is 0 Å². The summed E-state index contributed by atoms with van der Waals surface area (Å²) in [5, 5.41) is 12.0. The highest BCUT2D eigenvalue weighted by atomic mass is 14.9. The summed E-state index contributed by atoms with van der Waals surface area (Å²) in [5.41, 5.74) is 8.30. The molecule has 74 valence electrons. The molecule has 0 spiro atoms. The minimum Gasteiger partial charge on any atom is -0.381 e. The molecule has 0 heterocycles. The average Bonchev–Trinajstić information content (AvgIpc) is 2.21. The van der Waals surface area contributed by atoms with Crippen molar-refractivity contribution in [2.24, 2.45) is 5.73 Å². The monoisotopic (exact) mass is 189 g/mol. The third-order valence-electron chi connectivity index (χ3n) is 2.12. The van der Waals surface area contributed by atoms with E-state index in [1.165, 1.54) is 0 Å². The van der Waals surface area contributed by atoms with E-state index in [4.69, 9.17) is 11.0 Å². The zero-order valence-electron chi connectivity index (χ0n) is 8.54. The molecule has 0 aliphatic heterocycles. The normalized spacial score (nSPS) is 11.9. The molecule has 1 aromatic rings. The van der Waals surface area contributed by atoms with Crippen molar-refractivity contribution >= 4 is 5.69 Å². The summed E-state index contributed by atoms with van der Waals surface area (Å²) < 4.78 is 0. The van der Waals surface area contributed by atoms with Crippen molar-refractivity contribution in [3.8, 4) is 6.07 Å². The fraction of sp³-hybridized carbons (Fsp3) is 0.364. The van der Waals surface area contributed by atoms with E-state index in [1.54, 1.807) is 0 Å². The molecule has 3 N–H and O–H groups in total. The van der Waals surface area contributed by atoms with Gasteiger partial charge in [-0.1, -0.05) is 6.07 Å². The van der Waals surface area contributed by atoms with E-state index < -0.39 is 0 Å². The Labute approximate surface area is 84.5 Å². The molecular formula is C11H15N3. The van der Waals surface area contributed by atoms with E-state index in [2.05, 4.69) is 11.4 Å². The topological polar surface area (TPSA) is 61.8 Å². The molecular weight excluding hydrogens is 174 g/mol. The van der Waals surface area contributed by atoms with Gasteiger partial charge in [-0.15, -0.1) is 0 Å². The van der Waals surface area contributed by atoms with Crippen LogP contribution in [0.15, 0.2) is 18.2 Å². The van der Waals surface area contributed by atoms with E-state index in [-0.39, 0.29) is 6.04 Å². The molecule has 0 aliphatic carbocycles. The molecule has 0 saturated carbocycles. The van der Waals surface area contributed by atoms with E-state index >= 15 is 0 Å². The molecule has 1 aromatic carbocycles. The van der Waals surface area contributed by atoms with E-state index in [0.717, 1.165) is 11.3 Å². The summed E-state index contributed by atoms with van der Waals surface area (Å²) in [5.74, 6) is 0. The maximum atomic E-state index is 8.74. The van der Waals surface area contributed by atoms with Crippen LogP contribution in [0.25, 0.3) is 0 Å². The zero-order chi connectivity index (χ0) is 10.6. The van der Waals surface area contributed by atoms with Gasteiger partial charge in [0.1, 0.15) is 0 Å². The quantitative estimate of drug-likeness (QED) is 0.759. The minimum atomic E-state index is 0.225. The molecule has 0 bridgehead atoms. The number of nitrogens with one attached hydrogen (secondary N) is 1. The second-order valence-electron chi connectivity index (χ2n) is 3.42. The van der Waals surface area contributed by atoms with Crippen LogP contribution in [0.3, 0.4) is 0 Å². The van der Waals surface area contributed by atoms with Crippen molar-refractivity contribution in [2.75, 3.05) is 11.9 Å². The molecule has 1 rings (SSSR count). The number of nitriles is 1. The van der Waals surface area contributed by atoms with Gasteiger partial charge in [0.05, 0.1) is 11.6 Å². The number of hydrogen-bond donors (Lipinski definition) is 2. The second-order valence-corrected chi connectivity index (χ2v) is 3.42. The summed E-state index contributed by atoms with van der Waals surface area (Å²) >= 11 is 0. The smallest absolute Gasteiger partial charge is 0.0992 e. The van der Waals surface area contributed by atoms with Gasteiger partial charge < -0.3 is 11.1 Å². The first-order valence-electron chi connectivity index (χ1n) is 4.64. The Kier molecular flexibility index (Phi) is 3.49. The van der Waals surface area contributed by atoms with Gasteiger partial charge in [0.25, 0.3) is 0 Å². The predicted octanol–water partition coefficient (Wildman–Crippen LogP) is 1.63. The standard InChI is InChI=1S/C11H15N3/c1-8-3-4-10(7-13)5-11(8)14-9(2)6-12/h3-5,9,14H,6,12H2,1-2H3. The zero-order valence-corrected chi connectivity index (χ0v) is 8.54. The van der Waals surface area contributed by atoms with E-state index in [0.29, 0.717) is 12.1 Å². The van der Waals surface area contributed by atoms with Gasteiger partial charge >= 0.3 is 0 Å². The maximum absolute atomic E-state index is 8.74. The summed E-state index contributed by atoms with van der Waals surface area (Å²) in [6, 6.07) is 7.94. The Morgan fingerprint density at radius 1 is 1.57 bits per heavy atom. The SMILES string of the molecule is Cc1ccc(C#N)cc1NC(C)CN. The van der Waals surface area contributed by atoms with Crippen molar-refractivity contribution in [3.05, 3.63) is 29.3 Å². The van der Waals surface area contributed by atoms with Gasteiger partial charge in [-0.05, 0) is 31.5 Å². The maximum Gasteiger partial charge on any atom is 0.0992 e. The molecule has 0 saturated heterocycles. The van der Waals surface area contributed by atoms with Crippen molar-refractivity contribution < 1.29 is 0 Å². The second kappa shape index (κ2) is 4.64. The van der Waals surface area contributed by atoms with Crippen molar-refractivity contribution in [1.29, 1.82) is 5.26 Å². The van der Waals surface area contributed by atoms with Crippen molar-refractivity contribution in [2.45, 2.75) is 19.9 Å². The molecule has 0 fully saturated rings. The van der Waals surface area contributed by atoms with Gasteiger partial charge in [-0.2, -0.15) is 5.26 Å². The Balaban J connectivity index is 2.90. The van der Waals surface area contributed by atoms with Crippen LogP contribution in [0, 0.1) is 18.3 Å². The molecule has 3 nitrogen and oxygen atoms in total. The van der Waals surface area contributed by atoms with E-state index in [9.17, 15) is 0 Å². The fourth-order valence-electron chi connectivity index (χ4n) is 1.17. The minimum absolute atomic E-state index is 0.225. The summed E-state index contributed by atoms with van der Waals surface area (Å²) in [6.45, 7) is 4.60. The van der Waals surface area contributed by atoms with Crippen LogP contribution >= 0.6 is 0 Å². The van der Waals surface area contributed by atoms with Crippen molar-refractivity contribution in [3.63, 3.8) is 0 Å². The Hall–Kier alpha value is -1.53. The van der Waals surface area contributed by atoms with Gasteiger partial charge in [-0.25, -0.2) is 0 Å². The highest BCUT2D eigenvalue weighted by Crippen LogP contribution is 2.16. The molecule has 3 heteroatoms. The number of aryl methyl sites for hydroxylation is 1. The third kappa shape index (κ3) is 2.48. The van der Waals surface area contributed by atoms with Gasteiger partial charge in [-0.3, -0.25) is 0 Å². The third-order valence-corrected chi connectivity index (χ3v) is 2.12. The molecule has 0 amide bonds. The fourth-order valence-corrected chi connectivity index (χ4v) is 1.17. The van der Waals surface area contributed by atoms with Crippen LogP contribution in [0.4, 0.5) is 5.69 Å². The number of benzene rings is 1. The molecule has 14 heavy (non-hydrogen) atoms. The Morgan fingerprint density at radius 2 is 2.29 bits per heavy atom. The lowest BCUT2D eigenvalue weighted by Gasteiger charge is -2.15. The Morgan fingerprint density at radius 3 is 2.86 bits per heavy atom. The molecule has 0 radical (unpaired) electrons. The van der Waals surface area contributed by atoms with Crippen LogP contribution < -0.4 is 11.1 Å². The Bertz CT molecular complexity index is 352. The molecule has 1 unspecified atom stereocenters. The first-order chi connectivity index (χ1) is 6.67. The number of rotatable bonds is 3. The summed E-state index contributed by atoms with van der Waals surface area (Å²) in [7, 11) is 0. The first kappa shape index (κ1) is 10.6. The largest absolute Gasteiger partial charge is 0.381 e. The van der Waals surface area contributed by atoms with Gasteiger partial charge in [0.2, 0.25) is 0 Å². The lowest BCUT2D eigenvalue weighted by molar-refractivity contribution is 0.803. The first-order valence-corrected chi connectivity index (χ1v) is 4.64. The molecule has 0 aliphatic rings. The summed E-state index contributed by atoms with van der Waals surface area (Å²) in [4.78, 5) is 0. The van der Waals surface area contributed by atoms with Crippen molar-refractivity contribution in [1.82, 2.24) is 0 Å². The molecule has 0 aromatic heterocycles. The number of nitrogens with two attached hydrogens (primary N) is 1. The van der Waals surface area contributed by atoms with E-state index in [1.807, 2.05) is 32.0 Å². The average molecular weight is 189 g/mol. The van der Waals surface area contributed by atoms with Crippen LogP contribution in [0.1, 0.15) is 18.1 Å². The number of hydrogen-bond acceptors (Lipinski definition) is 3. The van der Waals surface area contributed by atoms with Crippen LogP contribution in [0.5, 0.6) is 0 Å². The highest BCUT2D eigenvalue weighted by molar-refractivity contribution is 5.55. The molecule has 1 atom stereocenters. The van der Waals surface area contributed by atoms with Crippen LogP contribution in [-0.2, 0) is 0 Å². The predicted molar refractivity (Wildman–Crippen MR) is 58.0 cm³/mol. The van der Waals surface area contributed by atoms with Crippen LogP contribution in [-0.4, -0.2) is 12.6 Å². The number of anilines is 1.